The van der Waals surface area contributed by atoms with Gasteiger partial charge in [-0.15, -0.1) is 0 Å². The smallest absolute Gasteiger partial charge is 0.361 e. The maximum absolute atomic E-state index is 10.6. The fraction of sp³-hybridized carbons (Fsp3) is 0.923. The van der Waals surface area contributed by atoms with E-state index in [4.69, 9.17) is 4.74 Å². The van der Waals surface area contributed by atoms with Crippen LogP contribution in [0, 0.1) is 10.1 Å². The number of rotatable bonds is 10. The second-order valence-corrected chi connectivity index (χ2v) is 4.52. The van der Waals surface area contributed by atoms with Crippen LogP contribution < -0.4 is 0 Å². The SMILES string of the molecule is CCCCOC(=N[N+](=O)[O-])N(CCCC)CCCC. The summed E-state index contributed by atoms with van der Waals surface area (Å²) in [5.41, 5.74) is 0. The van der Waals surface area contributed by atoms with Crippen LogP contribution in [0.2, 0.25) is 0 Å². The van der Waals surface area contributed by atoms with Gasteiger partial charge in [-0.05, 0) is 19.3 Å². The molecule has 0 aromatic heterocycles. The summed E-state index contributed by atoms with van der Waals surface area (Å²) < 4.78 is 5.48. The predicted octanol–water partition coefficient (Wildman–Crippen LogP) is 3.25. The first kappa shape index (κ1) is 17.7. The number of hydrazone groups is 1. The first-order chi connectivity index (χ1) is 9.15. The van der Waals surface area contributed by atoms with Crippen molar-refractivity contribution in [1.82, 2.24) is 4.90 Å². The van der Waals surface area contributed by atoms with Crippen molar-refractivity contribution < 1.29 is 9.77 Å². The van der Waals surface area contributed by atoms with Gasteiger partial charge >= 0.3 is 6.02 Å². The third kappa shape index (κ3) is 9.27. The molecule has 0 amide bonds. The summed E-state index contributed by atoms with van der Waals surface area (Å²) in [5, 5.41) is 13.3. The maximum atomic E-state index is 10.6. The number of nitrogens with zero attached hydrogens (tertiary/aromatic N) is 3. The van der Waals surface area contributed by atoms with Crippen molar-refractivity contribution in [2.45, 2.75) is 59.3 Å². The molecule has 0 bridgehead atoms. The van der Waals surface area contributed by atoms with Crippen LogP contribution in [0.5, 0.6) is 0 Å². The van der Waals surface area contributed by atoms with E-state index >= 15 is 0 Å². The summed E-state index contributed by atoms with van der Waals surface area (Å²) in [5.74, 6) is 0. The Kier molecular flexibility index (Phi) is 10.9. The molecule has 0 rings (SSSR count). The van der Waals surface area contributed by atoms with Gasteiger partial charge in [0.05, 0.1) is 6.61 Å². The fourth-order valence-electron chi connectivity index (χ4n) is 1.56. The van der Waals surface area contributed by atoms with Crippen molar-refractivity contribution >= 4 is 6.02 Å². The minimum atomic E-state index is -0.674. The van der Waals surface area contributed by atoms with E-state index in [2.05, 4.69) is 25.9 Å². The first-order valence-corrected chi connectivity index (χ1v) is 7.26. The molecule has 0 aliphatic heterocycles. The van der Waals surface area contributed by atoms with Crippen LogP contribution in [0.25, 0.3) is 0 Å². The third-order valence-electron chi connectivity index (χ3n) is 2.73. The quantitative estimate of drug-likeness (QED) is 0.201. The van der Waals surface area contributed by atoms with Crippen LogP contribution in [0.1, 0.15) is 59.3 Å². The summed E-state index contributed by atoms with van der Waals surface area (Å²) in [6.45, 7) is 8.25. The zero-order valence-electron chi connectivity index (χ0n) is 12.4. The molecular weight excluding hydrogens is 246 g/mol. The zero-order chi connectivity index (χ0) is 14.5. The average Bonchev–Trinajstić information content (AvgIpc) is 2.38. The molecule has 0 saturated heterocycles. The molecule has 0 aromatic carbocycles. The lowest BCUT2D eigenvalue weighted by Crippen LogP contribution is -2.35. The minimum absolute atomic E-state index is 0.167. The van der Waals surface area contributed by atoms with Crippen LogP contribution in [-0.2, 0) is 4.74 Å². The number of hydrogen-bond donors (Lipinski definition) is 0. The molecule has 6 nitrogen and oxygen atoms in total. The summed E-state index contributed by atoms with van der Waals surface area (Å²) in [7, 11) is 0. The lowest BCUT2D eigenvalue weighted by atomic mass is 10.3. The Bertz CT molecular complexity index is 262. The van der Waals surface area contributed by atoms with Gasteiger partial charge in [0, 0.05) is 13.1 Å². The van der Waals surface area contributed by atoms with Crippen molar-refractivity contribution in [3.63, 3.8) is 0 Å². The molecule has 19 heavy (non-hydrogen) atoms. The monoisotopic (exact) mass is 273 g/mol. The second kappa shape index (κ2) is 11.7. The van der Waals surface area contributed by atoms with Gasteiger partial charge in [0.25, 0.3) is 0 Å². The molecule has 0 saturated carbocycles. The standard InChI is InChI=1S/C13H27N3O3/c1-4-7-10-15(11-8-5-2)13(14-16(17)18)19-12-9-6-3/h4-12H2,1-3H3. The highest BCUT2D eigenvalue weighted by molar-refractivity contribution is 5.73. The lowest BCUT2D eigenvalue weighted by molar-refractivity contribution is -0.487. The van der Waals surface area contributed by atoms with E-state index in [0.717, 1.165) is 51.6 Å². The number of unbranched alkanes of at least 4 members (excludes halogenated alkanes) is 3. The predicted molar refractivity (Wildman–Crippen MR) is 76.7 cm³/mol. The Morgan fingerprint density at radius 1 is 1.11 bits per heavy atom. The highest BCUT2D eigenvalue weighted by atomic mass is 16.7. The lowest BCUT2D eigenvalue weighted by Gasteiger charge is -2.23. The Balaban J connectivity index is 4.63. The van der Waals surface area contributed by atoms with Crippen molar-refractivity contribution in [2.75, 3.05) is 19.7 Å². The van der Waals surface area contributed by atoms with Crippen molar-refractivity contribution in [1.29, 1.82) is 0 Å². The zero-order valence-corrected chi connectivity index (χ0v) is 12.4. The van der Waals surface area contributed by atoms with E-state index in [1.54, 1.807) is 0 Å². The van der Waals surface area contributed by atoms with Gasteiger partial charge in [-0.1, -0.05) is 40.0 Å². The molecule has 0 unspecified atom stereocenters. The highest BCUT2D eigenvalue weighted by Gasteiger charge is 2.16. The topological polar surface area (TPSA) is 68.0 Å². The molecule has 6 heteroatoms. The Morgan fingerprint density at radius 3 is 2.05 bits per heavy atom. The summed E-state index contributed by atoms with van der Waals surface area (Å²) in [4.78, 5) is 12.5. The summed E-state index contributed by atoms with van der Waals surface area (Å²) in [6, 6.07) is 0.167. The minimum Gasteiger partial charge on any atom is -0.461 e. The molecule has 0 aliphatic rings. The average molecular weight is 273 g/mol. The largest absolute Gasteiger partial charge is 0.461 e. The van der Waals surface area contributed by atoms with E-state index in [9.17, 15) is 10.1 Å². The van der Waals surface area contributed by atoms with Gasteiger partial charge in [-0.25, -0.2) is 10.1 Å². The molecule has 0 aliphatic carbocycles. The Hall–Kier alpha value is -1.33. The van der Waals surface area contributed by atoms with E-state index < -0.39 is 5.03 Å². The Morgan fingerprint density at radius 2 is 1.63 bits per heavy atom. The molecular formula is C13H27N3O3. The molecule has 112 valence electrons. The molecule has 0 atom stereocenters. The van der Waals surface area contributed by atoms with Gasteiger partial charge in [0.1, 0.15) is 5.10 Å². The highest BCUT2D eigenvalue weighted by Crippen LogP contribution is 2.04. The molecule has 0 radical (unpaired) electrons. The number of amidine groups is 1. The second-order valence-electron chi connectivity index (χ2n) is 4.52. The molecule has 0 aromatic rings. The third-order valence-corrected chi connectivity index (χ3v) is 2.73. The van der Waals surface area contributed by atoms with Gasteiger partial charge < -0.3 is 9.64 Å². The van der Waals surface area contributed by atoms with Gasteiger partial charge in [-0.2, -0.15) is 0 Å². The van der Waals surface area contributed by atoms with E-state index in [1.807, 2.05) is 4.90 Å². The van der Waals surface area contributed by atoms with Crippen molar-refractivity contribution in [3.8, 4) is 0 Å². The van der Waals surface area contributed by atoms with E-state index in [0.29, 0.717) is 6.61 Å². The van der Waals surface area contributed by atoms with Crippen molar-refractivity contribution in [2.24, 2.45) is 5.10 Å². The fourth-order valence-corrected chi connectivity index (χ4v) is 1.56. The van der Waals surface area contributed by atoms with Crippen LogP contribution in [0.15, 0.2) is 5.10 Å². The summed E-state index contributed by atoms with van der Waals surface area (Å²) in [6.07, 6.45) is 5.93. The van der Waals surface area contributed by atoms with E-state index in [-0.39, 0.29) is 6.02 Å². The van der Waals surface area contributed by atoms with E-state index in [1.165, 1.54) is 0 Å². The molecule has 0 fully saturated rings. The molecule has 0 N–H and O–H groups in total. The number of nitro groups is 1. The summed E-state index contributed by atoms with van der Waals surface area (Å²) >= 11 is 0. The van der Waals surface area contributed by atoms with Gasteiger partial charge in [-0.3, -0.25) is 0 Å². The number of ether oxygens (including phenoxy) is 1. The van der Waals surface area contributed by atoms with Crippen LogP contribution in [0.3, 0.4) is 0 Å². The maximum Gasteiger partial charge on any atom is 0.361 e. The van der Waals surface area contributed by atoms with Crippen molar-refractivity contribution in [3.05, 3.63) is 10.1 Å². The number of hydrogen-bond acceptors (Lipinski definition) is 3. The van der Waals surface area contributed by atoms with Gasteiger partial charge in [0.15, 0.2) is 5.03 Å². The molecule has 0 spiro atoms. The van der Waals surface area contributed by atoms with Crippen LogP contribution in [0.4, 0.5) is 0 Å². The van der Waals surface area contributed by atoms with Crippen LogP contribution >= 0.6 is 0 Å². The van der Waals surface area contributed by atoms with Gasteiger partial charge in [0.2, 0.25) is 0 Å². The van der Waals surface area contributed by atoms with Crippen LogP contribution in [-0.4, -0.2) is 35.7 Å². The molecule has 0 heterocycles. The Labute approximate surface area is 116 Å². The first-order valence-electron chi connectivity index (χ1n) is 7.26. The normalized spacial score (nSPS) is 11.4.